The van der Waals surface area contributed by atoms with E-state index in [0.29, 0.717) is 117 Å². The van der Waals surface area contributed by atoms with E-state index in [-0.39, 0.29) is 0 Å². The Morgan fingerprint density at radius 2 is 0.767 bits per heavy atom. The molecule has 0 aromatic heterocycles. The van der Waals surface area contributed by atoms with E-state index in [1.807, 2.05) is 0 Å². The number of nitrogens with zero attached hydrogens (tertiary/aromatic N) is 2. The summed E-state index contributed by atoms with van der Waals surface area (Å²) in [5.41, 5.74) is 11.5. The molecule has 0 amide bonds. The van der Waals surface area contributed by atoms with E-state index in [9.17, 15) is 0 Å². The third-order valence-corrected chi connectivity index (χ3v) is 3.63. The fourth-order valence-corrected chi connectivity index (χ4v) is 2.16. The van der Waals surface area contributed by atoms with E-state index >= 15 is 0 Å². The number of aliphatic imine (C=N–C) groups is 2. The Balaban J connectivity index is 2.19. The largest absolute Gasteiger partial charge is 0.377 e. The van der Waals surface area contributed by atoms with Crippen molar-refractivity contribution in [1.82, 2.24) is 10.6 Å². The molecule has 0 fully saturated rings. The van der Waals surface area contributed by atoms with Gasteiger partial charge in [0.2, 0.25) is 0 Å². The van der Waals surface area contributed by atoms with Gasteiger partial charge in [0.1, 0.15) is 0 Å². The summed E-state index contributed by atoms with van der Waals surface area (Å²) < 4.78 is 32.6. The average Bonchev–Trinajstić information content (AvgIpc) is 2.74. The van der Waals surface area contributed by atoms with Crippen LogP contribution in [0.15, 0.2) is 9.98 Å². The maximum Gasteiger partial charge on any atom is 0.188 e. The summed E-state index contributed by atoms with van der Waals surface area (Å²) in [6.07, 6.45) is 0. The number of rotatable bonds is 0. The second-order valence-electron chi connectivity index (χ2n) is 6.06. The smallest absolute Gasteiger partial charge is 0.188 e. The molecular formula is C18H38N6O6. The standard InChI is InChI=1S/C18H38N6O6/c19-17-21-1-5-25-9-13-29-14-10-27-7-3-23-18(20)24-4-8-28-12-16-30-15-11-26-6-2-22-17/h1-16H2,(H3,19,21,22)(H3,20,23,24). The second kappa shape index (κ2) is 20.6. The highest BCUT2D eigenvalue weighted by Crippen LogP contribution is 1.84. The maximum absolute atomic E-state index is 5.77. The van der Waals surface area contributed by atoms with Crippen LogP contribution < -0.4 is 22.1 Å². The van der Waals surface area contributed by atoms with Gasteiger partial charge in [0, 0.05) is 13.1 Å². The Labute approximate surface area is 178 Å². The highest BCUT2D eigenvalue weighted by molar-refractivity contribution is 5.78. The van der Waals surface area contributed by atoms with E-state index in [1.165, 1.54) is 0 Å². The van der Waals surface area contributed by atoms with Gasteiger partial charge in [-0.3, -0.25) is 9.98 Å². The van der Waals surface area contributed by atoms with Crippen molar-refractivity contribution in [2.45, 2.75) is 0 Å². The molecule has 1 rings (SSSR count). The number of nitrogens with one attached hydrogen (secondary N) is 2. The van der Waals surface area contributed by atoms with Crippen molar-refractivity contribution >= 4 is 11.9 Å². The lowest BCUT2D eigenvalue weighted by atomic mass is 10.6. The lowest BCUT2D eigenvalue weighted by Gasteiger charge is -2.09. The average molecular weight is 435 g/mol. The first kappa shape index (κ1) is 26.3. The molecule has 0 radical (unpaired) electrons. The molecule has 0 unspecified atom stereocenters. The first-order valence-corrected chi connectivity index (χ1v) is 10.3. The lowest BCUT2D eigenvalue weighted by Crippen LogP contribution is -2.34. The molecule has 0 aromatic rings. The van der Waals surface area contributed by atoms with Gasteiger partial charge in [0.25, 0.3) is 0 Å². The van der Waals surface area contributed by atoms with Crippen molar-refractivity contribution in [2.75, 3.05) is 105 Å². The van der Waals surface area contributed by atoms with Crippen LogP contribution in [0.2, 0.25) is 0 Å². The van der Waals surface area contributed by atoms with Gasteiger partial charge in [-0.1, -0.05) is 0 Å². The fraction of sp³-hybridized carbons (Fsp3) is 0.889. The minimum absolute atomic E-state index is 0.373. The fourth-order valence-electron chi connectivity index (χ4n) is 2.16. The molecule has 6 N–H and O–H groups in total. The van der Waals surface area contributed by atoms with Crippen LogP contribution in [0.4, 0.5) is 0 Å². The van der Waals surface area contributed by atoms with E-state index in [2.05, 4.69) is 20.6 Å². The topological polar surface area (TPSA) is 156 Å². The van der Waals surface area contributed by atoms with Gasteiger partial charge in [0.05, 0.1) is 92.4 Å². The van der Waals surface area contributed by atoms with Crippen molar-refractivity contribution < 1.29 is 28.4 Å². The molecule has 0 aromatic carbocycles. The Hall–Kier alpha value is -1.70. The Bertz CT molecular complexity index is 415. The van der Waals surface area contributed by atoms with Crippen LogP contribution in [-0.2, 0) is 28.4 Å². The molecule has 0 aliphatic carbocycles. The summed E-state index contributed by atoms with van der Waals surface area (Å²) in [7, 11) is 0. The summed E-state index contributed by atoms with van der Waals surface area (Å²) in [4.78, 5) is 8.35. The minimum Gasteiger partial charge on any atom is -0.377 e. The molecule has 0 saturated carbocycles. The first-order valence-electron chi connectivity index (χ1n) is 10.3. The molecule has 0 atom stereocenters. The van der Waals surface area contributed by atoms with Gasteiger partial charge in [-0.05, 0) is 0 Å². The number of nitrogens with two attached hydrogens (primary N) is 2. The van der Waals surface area contributed by atoms with Crippen LogP contribution >= 0.6 is 0 Å². The summed E-state index contributed by atoms with van der Waals surface area (Å²) in [6.45, 7) is 8.13. The van der Waals surface area contributed by atoms with Crippen molar-refractivity contribution in [3.63, 3.8) is 0 Å². The molecule has 0 spiro atoms. The van der Waals surface area contributed by atoms with Crippen LogP contribution in [0, 0.1) is 0 Å². The van der Waals surface area contributed by atoms with E-state index < -0.39 is 0 Å². The predicted octanol–water partition coefficient (Wildman–Crippen LogP) is -2.09. The molecule has 30 heavy (non-hydrogen) atoms. The quantitative estimate of drug-likeness (QED) is 0.333. The SMILES string of the molecule is NC1=NCCOCCOCCOCCNC(N)=NCCOCCOCCOCCN1. The van der Waals surface area contributed by atoms with Gasteiger partial charge in [0.15, 0.2) is 11.9 Å². The number of guanidine groups is 2. The summed E-state index contributed by atoms with van der Waals surface area (Å²) in [5, 5.41) is 5.96. The monoisotopic (exact) mass is 434 g/mol. The maximum atomic E-state index is 5.77. The Morgan fingerprint density at radius 1 is 0.467 bits per heavy atom. The van der Waals surface area contributed by atoms with Crippen molar-refractivity contribution in [1.29, 1.82) is 0 Å². The normalized spacial score (nSPS) is 22.3. The molecule has 0 saturated heterocycles. The Kier molecular flexibility index (Phi) is 18.1. The predicted molar refractivity (Wildman–Crippen MR) is 114 cm³/mol. The first-order chi connectivity index (χ1) is 14.8. The van der Waals surface area contributed by atoms with E-state index in [1.54, 1.807) is 0 Å². The van der Waals surface area contributed by atoms with Gasteiger partial charge in [-0.25, -0.2) is 0 Å². The van der Waals surface area contributed by atoms with Gasteiger partial charge < -0.3 is 50.5 Å². The zero-order valence-electron chi connectivity index (χ0n) is 17.8. The molecule has 176 valence electrons. The van der Waals surface area contributed by atoms with Crippen LogP contribution in [-0.4, -0.2) is 117 Å². The molecule has 0 bridgehead atoms. The Morgan fingerprint density at radius 3 is 1.13 bits per heavy atom. The van der Waals surface area contributed by atoms with Crippen molar-refractivity contribution in [2.24, 2.45) is 21.5 Å². The summed E-state index contributed by atoms with van der Waals surface area (Å²) in [6, 6.07) is 0. The van der Waals surface area contributed by atoms with E-state index in [0.717, 1.165) is 0 Å². The van der Waals surface area contributed by atoms with Gasteiger partial charge in [-0.15, -0.1) is 0 Å². The second-order valence-corrected chi connectivity index (χ2v) is 6.06. The zero-order chi connectivity index (χ0) is 21.5. The highest BCUT2D eigenvalue weighted by Gasteiger charge is 1.96. The lowest BCUT2D eigenvalue weighted by molar-refractivity contribution is 0.0166. The van der Waals surface area contributed by atoms with Crippen LogP contribution in [0.5, 0.6) is 0 Å². The molecular weight excluding hydrogens is 396 g/mol. The molecule has 1 aliphatic rings. The third-order valence-electron chi connectivity index (χ3n) is 3.63. The van der Waals surface area contributed by atoms with Crippen LogP contribution in [0.25, 0.3) is 0 Å². The summed E-state index contributed by atoms with van der Waals surface area (Å²) >= 11 is 0. The van der Waals surface area contributed by atoms with Crippen molar-refractivity contribution in [3.05, 3.63) is 0 Å². The zero-order valence-corrected chi connectivity index (χ0v) is 17.8. The highest BCUT2D eigenvalue weighted by atomic mass is 16.5. The number of ether oxygens (including phenoxy) is 6. The van der Waals surface area contributed by atoms with Crippen LogP contribution in [0.1, 0.15) is 0 Å². The minimum atomic E-state index is 0.373. The van der Waals surface area contributed by atoms with Crippen molar-refractivity contribution in [3.8, 4) is 0 Å². The summed E-state index contributed by atoms with van der Waals surface area (Å²) in [5.74, 6) is 0.746. The molecule has 1 aliphatic heterocycles. The third kappa shape index (κ3) is 18.3. The number of hydrogen-bond donors (Lipinski definition) is 4. The molecule has 12 heteroatoms. The van der Waals surface area contributed by atoms with E-state index in [4.69, 9.17) is 39.9 Å². The van der Waals surface area contributed by atoms with Gasteiger partial charge in [-0.2, -0.15) is 0 Å². The molecule has 1 heterocycles. The molecule has 12 nitrogen and oxygen atoms in total. The van der Waals surface area contributed by atoms with Crippen LogP contribution in [0.3, 0.4) is 0 Å². The van der Waals surface area contributed by atoms with Gasteiger partial charge >= 0.3 is 0 Å². The number of hydrogen-bond acceptors (Lipinski definition) is 12.